The highest BCUT2D eigenvalue weighted by Crippen LogP contribution is 2.29. The van der Waals surface area contributed by atoms with Gasteiger partial charge < -0.3 is 19.2 Å². The molecule has 0 aliphatic carbocycles. The Labute approximate surface area is 178 Å². The SMILES string of the molecule is Cc1ccc(OC(F)F)c(NC(=O)c2ccc(COc3ccc(Br)cc3Cl)o2)c1. The minimum atomic E-state index is -3.01. The lowest BCUT2D eigenvalue weighted by Gasteiger charge is -2.12. The van der Waals surface area contributed by atoms with Gasteiger partial charge in [0.15, 0.2) is 5.76 Å². The molecule has 0 radical (unpaired) electrons. The van der Waals surface area contributed by atoms with Crippen LogP contribution in [0.5, 0.6) is 11.5 Å². The Hall–Kier alpha value is -2.58. The standard InChI is InChI=1S/C20H15BrClF2NO4/c1-11-2-5-17(29-20(23)24)15(8-11)25-19(26)18-7-4-13(28-18)10-27-16-6-3-12(21)9-14(16)22/h2-9,20H,10H2,1H3,(H,25,26). The Morgan fingerprint density at radius 1 is 1.17 bits per heavy atom. The molecule has 0 bridgehead atoms. The van der Waals surface area contributed by atoms with Crippen LogP contribution in [0, 0.1) is 6.92 Å². The van der Waals surface area contributed by atoms with Crippen LogP contribution in [-0.4, -0.2) is 12.5 Å². The molecule has 9 heteroatoms. The second kappa shape index (κ2) is 9.28. The van der Waals surface area contributed by atoms with Gasteiger partial charge in [0, 0.05) is 4.47 Å². The molecule has 3 rings (SSSR count). The molecule has 0 aliphatic rings. The predicted octanol–water partition coefficient (Wildman–Crippen LogP) is 6.44. The molecule has 0 spiro atoms. The summed E-state index contributed by atoms with van der Waals surface area (Å²) in [7, 11) is 0. The van der Waals surface area contributed by atoms with Crippen molar-refractivity contribution in [2.75, 3.05) is 5.32 Å². The highest BCUT2D eigenvalue weighted by molar-refractivity contribution is 9.10. The van der Waals surface area contributed by atoms with Crippen LogP contribution in [0.4, 0.5) is 14.5 Å². The predicted molar refractivity (Wildman–Crippen MR) is 108 cm³/mol. The molecule has 0 unspecified atom stereocenters. The maximum absolute atomic E-state index is 12.6. The molecule has 0 aliphatic heterocycles. The molecular formula is C20H15BrClF2NO4. The van der Waals surface area contributed by atoms with Crippen molar-refractivity contribution in [3.8, 4) is 11.5 Å². The number of hydrogen-bond acceptors (Lipinski definition) is 4. The fraction of sp³-hybridized carbons (Fsp3) is 0.150. The van der Waals surface area contributed by atoms with Gasteiger partial charge in [0.05, 0.1) is 10.7 Å². The Morgan fingerprint density at radius 3 is 2.66 bits per heavy atom. The molecule has 1 N–H and O–H groups in total. The number of rotatable bonds is 7. The van der Waals surface area contributed by atoms with E-state index < -0.39 is 12.5 Å². The summed E-state index contributed by atoms with van der Waals surface area (Å²) in [6.45, 7) is -1.19. The van der Waals surface area contributed by atoms with Gasteiger partial charge in [0.1, 0.15) is 23.9 Å². The third-order valence-electron chi connectivity index (χ3n) is 3.75. The van der Waals surface area contributed by atoms with Crippen molar-refractivity contribution in [2.24, 2.45) is 0 Å². The van der Waals surface area contributed by atoms with E-state index in [0.717, 1.165) is 10.0 Å². The molecular weight excluding hydrogens is 472 g/mol. The largest absolute Gasteiger partial charge is 0.484 e. The van der Waals surface area contributed by atoms with E-state index in [1.54, 1.807) is 37.3 Å². The van der Waals surface area contributed by atoms with Gasteiger partial charge in [-0.05, 0) is 55.0 Å². The molecule has 0 fully saturated rings. The average molecular weight is 487 g/mol. The number of anilines is 1. The molecule has 1 amide bonds. The normalized spacial score (nSPS) is 10.8. The van der Waals surface area contributed by atoms with Gasteiger partial charge in [-0.1, -0.05) is 33.6 Å². The third kappa shape index (κ3) is 5.71. The molecule has 3 aromatic rings. The summed E-state index contributed by atoms with van der Waals surface area (Å²) in [5.74, 6) is 0.102. The van der Waals surface area contributed by atoms with Crippen LogP contribution in [0.2, 0.25) is 5.02 Å². The van der Waals surface area contributed by atoms with E-state index in [2.05, 4.69) is 26.0 Å². The van der Waals surface area contributed by atoms with Gasteiger partial charge in [0.2, 0.25) is 0 Å². The average Bonchev–Trinajstić information content (AvgIpc) is 3.12. The molecule has 2 aromatic carbocycles. The number of carbonyl (C=O) groups is 1. The van der Waals surface area contributed by atoms with Crippen molar-refractivity contribution in [3.05, 3.63) is 75.1 Å². The zero-order chi connectivity index (χ0) is 21.0. The summed E-state index contributed by atoms with van der Waals surface area (Å²) >= 11 is 9.40. The van der Waals surface area contributed by atoms with E-state index in [0.29, 0.717) is 16.5 Å². The first-order chi connectivity index (χ1) is 13.8. The minimum Gasteiger partial charge on any atom is -0.484 e. The van der Waals surface area contributed by atoms with Gasteiger partial charge in [-0.25, -0.2) is 0 Å². The van der Waals surface area contributed by atoms with Gasteiger partial charge in [-0.2, -0.15) is 8.78 Å². The zero-order valence-electron chi connectivity index (χ0n) is 15.0. The number of benzene rings is 2. The van der Waals surface area contributed by atoms with Crippen molar-refractivity contribution in [2.45, 2.75) is 20.1 Å². The summed E-state index contributed by atoms with van der Waals surface area (Å²) in [6.07, 6.45) is 0. The van der Waals surface area contributed by atoms with Crippen LogP contribution < -0.4 is 14.8 Å². The minimum absolute atomic E-state index is 0.00462. The highest BCUT2D eigenvalue weighted by Gasteiger charge is 2.16. The third-order valence-corrected chi connectivity index (χ3v) is 4.54. The van der Waals surface area contributed by atoms with Gasteiger partial charge in [0.25, 0.3) is 5.91 Å². The van der Waals surface area contributed by atoms with Crippen LogP contribution in [0.25, 0.3) is 0 Å². The van der Waals surface area contributed by atoms with Gasteiger partial charge >= 0.3 is 6.61 Å². The lowest BCUT2D eigenvalue weighted by Crippen LogP contribution is -2.13. The highest BCUT2D eigenvalue weighted by atomic mass is 79.9. The molecule has 152 valence electrons. The Kier molecular flexibility index (Phi) is 6.76. The van der Waals surface area contributed by atoms with Crippen LogP contribution in [0.15, 0.2) is 57.4 Å². The molecule has 1 heterocycles. The van der Waals surface area contributed by atoms with Crippen molar-refractivity contribution in [1.82, 2.24) is 0 Å². The molecule has 29 heavy (non-hydrogen) atoms. The van der Waals surface area contributed by atoms with E-state index in [4.69, 9.17) is 20.8 Å². The van der Waals surface area contributed by atoms with E-state index in [9.17, 15) is 13.6 Å². The Bertz CT molecular complexity index is 1030. The Morgan fingerprint density at radius 2 is 1.93 bits per heavy atom. The number of hydrogen-bond donors (Lipinski definition) is 1. The number of amides is 1. The van der Waals surface area contributed by atoms with Crippen molar-refractivity contribution in [1.29, 1.82) is 0 Å². The first-order valence-corrected chi connectivity index (χ1v) is 9.52. The smallest absolute Gasteiger partial charge is 0.387 e. The van der Waals surface area contributed by atoms with Crippen LogP contribution in [0.1, 0.15) is 21.9 Å². The number of ether oxygens (including phenoxy) is 2. The number of nitrogens with one attached hydrogen (secondary N) is 1. The lowest BCUT2D eigenvalue weighted by atomic mass is 10.2. The van der Waals surface area contributed by atoms with Crippen molar-refractivity contribution in [3.63, 3.8) is 0 Å². The van der Waals surface area contributed by atoms with Crippen molar-refractivity contribution >= 4 is 39.1 Å². The van der Waals surface area contributed by atoms with E-state index >= 15 is 0 Å². The molecule has 0 saturated carbocycles. The quantitative estimate of drug-likeness (QED) is 0.418. The number of carbonyl (C=O) groups excluding carboxylic acids is 1. The second-order valence-electron chi connectivity index (χ2n) is 5.96. The van der Waals surface area contributed by atoms with Crippen molar-refractivity contribution < 1.29 is 27.5 Å². The topological polar surface area (TPSA) is 60.7 Å². The molecule has 0 atom stereocenters. The fourth-order valence-corrected chi connectivity index (χ4v) is 3.17. The first-order valence-electron chi connectivity index (χ1n) is 8.35. The first kappa shape index (κ1) is 21.1. The summed E-state index contributed by atoms with van der Waals surface area (Å²) in [5.41, 5.74) is 0.882. The number of halogens is 4. The van der Waals surface area contributed by atoms with E-state index in [1.165, 1.54) is 18.2 Å². The summed E-state index contributed by atoms with van der Waals surface area (Å²) in [6, 6.07) is 12.7. The summed E-state index contributed by atoms with van der Waals surface area (Å²) in [4.78, 5) is 12.4. The number of aryl methyl sites for hydroxylation is 1. The van der Waals surface area contributed by atoms with E-state index in [-0.39, 0.29) is 23.8 Å². The van der Waals surface area contributed by atoms with Crippen LogP contribution in [-0.2, 0) is 6.61 Å². The number of furan rings is 1. The monoisotopic (exact) mass is 485 g/mol. The van der Waals surface area contributed by atoms with Crippen LogP contribution >= 0.6 is 27.5 Å². The second-order valence-corrected chi connectivity index (χ2v) is 7.28. The molecule has 5 nitrogen and oxygen atoms in total. The fourth-order valence-electron chi connectivity index (χ4n) is 2.44. The van der Waals surface area contributed by atoms with E-state index in [1.807, 2.05) is 0 Å². The van der Waals surface area contributed by atoms with Gasteiger partial charge in [-0.15, -0.1) is 0 Å². The van der Waals surface area contributed by atoms with Gasteiger partial charge in [-0.3, -0.25) is 4.79 Å². The zero-order valence-corrected chi connectivity index (χ0v) is 17.4. The molecule has 0 saturated heterocycles. The number of alkyl halides is 2. The molecule has 1 aromatic heterocycles. The Balaban J connectivity index is 1.67. The maximum atomic E-state index is 12.6. The summed E-state index contributed by atoms with van der Waals surface area (Å²) in [5, 5.41) is 2.94. The lowest BCUT2D eigenvalue weighted by molar-refractivity contribution is -0.0493. The maximum Gasteiger partial charge on any atom is 0.387 e. The van der Waals surface area contributed by atoms with Crippen LogP contribution in [0.3, 0.4) is 0 Å². The summed E-state index contributed by atoms with van der Waals surface area (Å²) < 4.78 is 41.4.